The molecular formula is C49H27N3O2. The van der Waals surface area contributed by atoms with Crippen LogP contribution in [0.1, 0.15) is 0 Å². The van der Waals surface area contributed by atoms with Crippen molar-refractivity contribution in [1.82, 2.24) is 15.0 Å². The zero-order chi connectivity index (χ0) is 35.3. The van der Waals surface area contributed by atoms with Gasteiger partial charge in [-0.25, -0.2) is 15.0 Å². The molecular weight excluding hydrogens is 663 g/mol. The molecule has 0 fully saturated rings. The van der Waals surface area contributed by atoms with E-state index in [1.165, 1.54) is 38.6 Å². The van der Waals surface area contributed by atoms with Gasteiger partial charge in [-0.05, 0) is 74.5 Å². The third kappa shape index (κ3) is 4.18. The van der Waals surface area contributed by atoms with Crippen molar-refractivity contribution in [3.63, 3.8) is 0 Å². The van der Waals surface area contributed by atoms with Crippen LogP contribution in [0.3, 0.4) is 0 Å². The fourth-order valence-corrected chi connectivity index (χ4v) is 8.54. The van der Waals surface area contributed by atoms with Crippen LogP contribution in [0.15, 0.2) is 173 Å². The van der Waals surface area contributed by atoms with Gasteiger partial charge in [-0.2, -0.15) is 0 Å². The summed E-state index contributed by atoms with van der Waals surface area (Å²) in [6.45, 7) is 0. The van der Waals surface area contributed by atoms with Crippen molar-refractivity contribution in [2.75, 3.05) is 0 Å². The molecule has 1 aliphatic rings. The van der Waals surface area contributed by atoms with Crippen molar-refractivity contribution < 1.29 is 8.83 Å². The predicted molar refractivity (Wildman–Crippen MR) is 218 cm³/mol. The minimum absolute atomic E-state index is 0.575. The Kier molecular flexibility index (Phi) is 5.99. The highest BCUT2D eigenvalue weighted by molar-refractivity contribution is 6.20. The average Bonchev–Trinajstić information content (AvgIpc) is 3.91. The largest absolute Gasteiger partial charge is 0.456 e. The smallest absolute Gasteiger partial charge is 0.164 e. The van der Waals surface area contributed by atoms with Crippen molar-refractivity contribution in [2.24, 2.45) is 0 Å². The Bertz CT molecular complexity index is 3310. The van der Waals surface area contributed by atoms with Gasteiger partial charge in [0, 0.05) is 38.2 Å². The number of fused-ring (bicyclic) bond motifs is 9. The lowest BCUT2D eigenvalue weighted by molar-refractivity contribution is 0.668. The van der Waals surface area contributed by atoms with E-state index in [-0.39, 0.29) is 0 Å². The summed E-state index contributed by atoms with van der Waals surface area (Å²) in [5.41, 5.74) is 13.4. The summed E-state index contributed by atoms with van der Waals surface area (Å²) >= 11 is 0. The molecule has 0 saturated carbocycles. The Morgan fingerprint density at radius 2 is 0.796 bits per heavy atom. The third-order valence-corrected chi connectivity index (χ3v) is 10.9. The second-order valence-electron chi connectivity index (χ2n) is 13.9. The first-order valence-corrected chi connectivity index (χ1v) is 18.1. The monoisotopic (exact) mass is 689 g/mol. The molecule has 3 heterocycles. The first kappa shape index (κ1) is 29.2. The summed E-state index contributed by atoms with van der Waals surface area (Å²) in [6.07, 6.45) is 0. The highest BCUT2D eigenvalue weighted by Gasteiger charge is 2.24. The van der Waals surface area contributed by atoms with Gasteiger partial charge in [0.05, 0.1) is 0 Å². The molecule has 12 rings (SSSR count). The van der Waals surface area contributed by atoms with Gasteiger partial charge < -0.3 is 8.83 Å². The van der Waals surface area contributed by atoms with Crippen LogP contribution in [0, 0.1) is 0 Å². The highest BCUT2D eigenvalue weighted by Crippen LogP contribution is 2.49. The van der Waals surface area contributed by atoms with Gasteiger partial charge in [0.2, 0.25) is 0 Å². The van der Waals surface area contributed by atoms with Crippen LogP contribution in [0.2, 0.25) is 0 Å². The Balaban J connectivity index is 1.09. The fourth-order valence-electron chi connectivity index (χ4n) is 8.54. The topological polar surface area (TPSA) is 65.0 Å². The molecule has 5 heteroatoms. The van der Waals surface area contributed by atoms with E-state index in [2.05, 4.69) is 91.0 Å². The quantitative estimate of drug-likeness (QED) is 0.184. The second kappa shape index (κ2) is 11.1. The van der Waals surface area contributed by atoms with Crippen LogP contribution in [0.25, 0.3) is 122 Å². The van der Waals surface area contributed by atoms with Crippen molar-refractivity contribution >= 4 is 54.6 Å². The molecule has 0 N–H and O–H groups in total. The maximum absolute atomic E-state index is 6.53. The zero-order valence-electron chi connectivity index (χ0n) is 28.7. The molecule has 0 saturated heterocycles. The normalized spacial score (nSPS) is 12.1. The molecule has 0 aliphatic heterocycles. The number of rotatable bonds is 4. The number of hydrogen-bond acceptors (Lipinski definition) is 5. The third-order valence-electron chi connectivity index (χ3n) is 10.9. The van der Waals surface area contributed by atoms with E-state index in [1.807, 2.05) is 72.8 Å². The average molecular weight is 690 g/mol. The SMILES string of the molecule is c1ccc(-c2nc(-c3cccc4oc5ccccc5c34)nc(-c3cccc4oc5ccc(-c6ccc7c8c(cccc68)-c6ccccc6-7)cc5c34)n2)cc1. The summed E-state index contributed by atoms with van der Waals surface area (Å²) in [4.78, 5) is 15.5. The molecule has 0 radical (unpaired) electrons. The van der Waals surface area contributed by atoms with Gasteiger partial charge in [0.25, 0.3) is 0 Å². The summed E-state index contributed by atoms with van der Waals surface area (Å²) < 4.78 is 12.8. The molecule has 8 aromatic carbocycles. The number of furan rings is 2. The van der Waals surface area contributed by atoms with Gasteiger partial charge in [-0.3, -0.25) is 0 Å². The number of aromatic nitrogens is 3. The van der Waals surface area contributed by atoms with Crippen LogP contribution < -0.4 is 0 Å². The summed E-state index contributed by atoms with van der Waals surface area (Å²) in [5.74, 6) is 1.75. The maximum atomic E-state index is 6.53. The van der Waals surface area contributed by atoms with E-state index in [1.54, 1.807) is 0 Å². The van der Waals surface area contributed by atoms with Crippen LogP contribution >= 0.6 is 0 Å². The van der Waals surface area contributed by atoms with Crippen molar-refractivity contribution in [2.45, 2.75) is 0 Å². The fraction of sp³-hybridized carbons (Fsp3) is 0. The summed E-state index contributed by atoms with van der Waals surface area (Å²) in [7, 11) is 0. The van der Waals surface area contributed by atoms with Crippen LogP contribution in [0.5, 0.6) is 0 Å². The molecule has 0 bridgehead atoms. The van der Waals surface area contributed by atoms with Gasteiger partial charge >= 0.3 is 0 Å². The van der Waals surface area contributed by atoms with Crippen LogP contribution in [0.4, 0.5) is 0 Å². The minimum atomic E-state index is 0.575. The lowest BCUT2D eigenvalue weighted by atomic mass is 9.93. The molecule has 0 unspecified atom stereocenters. The van der Waals surface area contributed by atoms with Crippen molar-refractivity contribution in [3.05, 3.63) is 164 Å². The highest BCUT2D eigenvalue weighted by atomic mass is 16.3. The second-order valence-corrected chi connectivity index (χ2v) is 13.9. The number of para-hydroxylation sites is 1. The molecule has 5 nitrogen and oxygen atoms in total. The molecule has 0 atom stereocenters. The Labute approximate surface area is 308 Å². The van der Waals surface area contributed by atoms with Gasteiger partial charge in [-0.1, -0.05) is 133 Å². The molecule has 11 aromatic rings. The predicted octanol–water partition coefficient (Wildman–Crippen LogP) is 13.1. The molecule has 250 valence electrons. The summed E-state index contributed by atoms with van der Waals surface area (Å²) in [6, 6.07) is 56.8. The Hall–Kier alpha value is -7.37. The minimum Gasteiger partial charge on any atom is -0.456 e. The van der Waals surface area contributed by atoms with Crippen molar-refractivity contribution in [3.8, 4) is 67.5 Å². The molecule has 0 amide bonds. The van der Waals surface area contributed by atoms with Gasteiger partial charge in [0.1, 0.15) is 22.3 Å². The Morgan fingerprint density at radius 1 is 0.278 bits per heavy atom. The van der Waals surface area contributed by atoms with E-state index in [9.17, 15) is 0 Å². The van der Waals surface area contributed by atoms with Crippen LogP contribution in [-0.4, -0.2) is 15.0 Å². The molecule has 1 aliphatic carbocycles. The number of benzene rings is 8. The first-order chi connectivity index (χ1) is 26.8. The molecule has 3 aromatic heterocycles. The lowest BCUT2D eigenvalue weighted by Crippen LogP contribution is -2.00. The van der Waals surface area contributed by atoms with E-state index >= 15 is 0 Å². The van der Waals surface area contributed by atoms with Gasteiger partial charge in [0.15, 0.2) is 17.5 Å². The van der Waals surface area contributed by atoms with Crippen LogP contribution in [-0.2, 0) is 0 Å². The molecule has 0 spiro atoms. The van der Waals surface area contributed by atoms with E-state index in [4.69, 9.17) is 23.8 Å². The van der Waals surface area contributed by atoms with E-state index < -0.39 is 0 Å². The first-order valence-electron chi connectivity index (χ1n) is 18.1. The zero-order valence-corrected chi connectivity index (χ0v) is 28.7. The maximum Gasteiger partial charge on any atom is 0.164 e. The number of hydrogen-bond donors (Lipinski definition) is 0. The molecule has 54 heavy (non-hydrogen) atoms. The standard InChI is InChI=1S/C49H27N3O2/c1-2-11-28(12-3-1)47-50-48(37-18-9-21-42-45(37)36-15-6-7-20-40(36)53-42)52-49(51-47)38-19-10-22-43-46(38)39-27-29(23-26-41(39)54-43)30-24-25-35-32-14-5-4-13-31(32)34-17-8-16-33(30)44(34)35/h1-27H. The van der Waals surface area contributed by atoms with E-state index in [0.717, 1.165) is 66.1 Å². The van der Waals surface area contributed by atoms with Crippen molar-refractivity contribution in [1.29, 1.82) is 0 Å². The van der Waals surface area contributed by atoms with Gasteiger partial charge in [-0.15, -0.1) is 0 Å². The summed E-state index contributed by atoms with van der Waals surface area (Å²) in [5, 5.41) is 6.53. The lowest BCUT2D eigenvalue weighted by Gasteiger charge is -2.11. The number of nitrogens with zero attached hydrogens (tertiary/aromatic N) is 3. The Morgan fingerprint density at radius 3 is 1.56 bits per heavy atom. The van der Waals surface area contributed by atoms with E-state index in [0.29, 0.717) is 17.5 Å².